The summed E-state index contributed by atoms with van der Waals surface area (Å²) in [6.07, 6.45) is 2.48. The van der Waals surface area contributed by atoms with Crippen LogP contribution in [0.5, 0.6) is 0 Å². The molecule has 1 heterocycles. The highest BCUT2D eigenvalue weighted by molar-refractivity contribution is 5.44. The fourth-order valence-corrected chi connectivity index (χ4v) is 2.68. The second-order valence-corrected chi connectivity index (χ2v) is 5.17. The molecule has 1 fully saturated rings. The minimum Gasteiger partial charge on any atom is -0.384 e. The number of benzene rings is 1. The third-order valence-electron chi connectivity index (χ3n) is 3.62. The summed E-state index contributed by atoms with van der Waals surface area (Å²) < 4.78 is 18.7. The second kappa shape index (κ2) is 7.46. The first kappa shape index (κ1) is 14.3. The van der Waals surface area contributed by atoms with Gasteiger partial charge in [0.2, 0.25) is 0 Å². The summed E-state index contributed by atoms with van der Waals surface area (Å²) in [7, 11) is 1.76. The number of hydrogen-bond acceptors (Lipinski definition) is 3. The topological polar surface area (TPSA) is 24.5 Å². The van der Waals surface area contributed by atoms with E-state index in [0.29, 0.717) is 11.6 Å². The lowest BCUT2D eigenvalue weighted by Crippen LogP contribution is -2.39. The Morgan fingerprint density at radius 1 is 1.42 bits per heavy atom. The van der Waals surface area contributed by atoms with Crippen molar-refractivity contribution in [2.45, 2.75) is 12.8 Å². The van der Waals surface area contributed by atoms with Crippen LogP contribution < -0.4 is 5.32 Å². The van der Waals surface area contributed by atoms with Crippen LogP contribution in [0.1, 0.15) is 12.8 Å². The van der Waals surface area contributed by atoms with Crippen LogP contribution in [-0.2, 0) is 4.74 Å². The third-order valence-corrected chi connectivity index (χ3v) is 3.62. The number of rotatable bonds is 6. The molecule has 0 aromatic heterocycles. The van der Waals surface area contributed by atoms with Crippen LogP contribution in [0.15, 0.2) is 24.3 Å². The Balaban J connectivity index is 1.72. The molecule has 1 aliphatic heterocycles. The number of hydrogen-bond donors (Lipinski definition) is 1. The number of nitrogens with one attached hydrogen (secondary N) is 1. The van der Waals surface area contributed by atoms with Gasteiger partial charge >= 0.3 is 0 Å². The van der Waals surface area contributed by atoms with Crippen LogP contribution in [0.4, 0.5) is 10.1 Å². The van der Waals surface area contributed by atoms with Gasteiger partial charge in [0.1, 0.15) is 5.82 Å². The quantitative estimate of drug-likeness (QED) is 0.856. The summed E-state index contributed by atoms with van der Waals surface area (Å²) in [5.41, 5.74) is 0.591. The molecule has 1 saturated heterocycles. The fraction of sp³-hybridized carbons (Fsp3) is 0.600. The van der Waals surface area contributed by atoms with E-state index in [4.69, 9.17) is 4.74 Å². The number of methoxy groups -OCH3 is 1. The number of piperidine rings is 1. The Morgan fingerprint density at radius 3 is 3.05 bits per heavy atom. The molecule has 19 heavy (non-hydrogen) atoms. The van der Waals surface area contributed by atoms with Crippen molar-refractivity contribution in [3.05, 3.63) is 30.1 Å². The molecule has 1 unspecified atom stereocenters. The lowest BCUT2D eigenvalue weighted by molar-refractivity contribution is 0.0926. The molecule has 0 bridgehead atoms. The molecule has 3 nitrogen and oxygen atoms in total. The zero-order valence-electron chi connectivity index (χ0n) is 11.6. The van der Waals surface area contributed by atoms with E-state index < -0.39 is 0 Å². The van der Waals surface area contributed by atoms with Crippen LogP contribution in [0.3, 0.4) is 0 Å². The van der Waals surface area contributed by atoms with Gasteiger partial charge in [0.25, 0.3) is 0 Å². The highest BCUT2D eigenvalue weighted by atomic mass is 19.1. The highest BCUT2D eigenvalue weighted by Gasteiger charge is 2.19. The van der Waals surface area contributed by atoms with E-state index in [1.54, 1.807) is 19.2 Å². The number of para-hydroxylation sites is 1. The van der Waals surface area contributed by atoms with Crippen LogP contribution >= 0.6 is 0 Å². The van der Waals surface area contributed by atoms with Crippen molar-refractivity contribution in [3.63, 3.8) is 0 Å². The van der Waals surface area contributed by atoms with Crippen molar-refractivity contribution in [1.29, 1.82) is 0 Å². The molecule has 0 spiro atoms. The number of nitrogens with zero attached hydrogens (tertiary/aromatic N) is 1. The molecule has 106 valence electrons. The molecular weight excluding hydrogens is 243 g/mol. The van der Waals surface area contributed by atoms with Crippen molar-refractivity contribution in [3.8, 4) is 0 Å². The number of anilines is 1. The van der Waals surface area contributed by atoms with Crippen LogP contribution in [0.2, 0.25) is 0 Å². The summed E-state index contributed by atoms with van der Waals surface area (Å²) in [6, 6.07) is 6.82. The van der Waals surface area contributed by atoms with E-state index in [9.17, 15) is 4.39 Å². The van der Waals surface area contributed by atoms with E-state index in [1.807, 2.05) is 6.07 Å². The van der Waals surface area contributed by atoms with Crippen LogP contribution in [0, 0.1) is 11.7 Å². The smallest absolute Gasteiger partial charge is 0.146 e. The normalized spacial score (nSPS) is 20.4. The first-order chi connectivity index (χ1) is 9.29. The number of ether oxygens (including phenoxy) is 1. The summed E-state index contributed by atoms with van der Waals surface area (Å²) in [6.45, 7) is 4.80. The van der Waals surface area contributed by atoms with Gasteiger partial charge in [0, 0.05) is 26.7 Å². The molecule has 1 N–H and O–H groups in total. The van der Waals surface area contributed by atoms with E-state index in [2.05, 4.69) is 10.2 Å². The minimum atomic E-state index is -0.182. The average molecular weight is 266 g/mol. The predicted molar refractivity (Wildman–Crippen MR) is 75.9 cm³/mol. The molecule has 0 saturated carbocycles. The molecular formula is C15H23FN2O. The average Bonchev–Trinajstić information content (AvgIpc) is 2.42. The molecule has 1 aromatic rings. The molecule has 2 rings (SSSR count). The Kier molecular flexibility index (Phi) is 5.61. The second-order valence-electron chi connectivity index (χ2n) is 5.17. The summed E-state index contributed by atoms with van der Waals surface area (Å²) in [5, 5.41) is 3.16. The van der Waals surface area contributed by atoms with Crippen LogP contribution in [0.25, 0.3) is 0 Å². The van der Waals surface area contributed by atoms with Gasteiger partial charge < -0.3 is 15.0 Å². The first-order valence-electron chi connectivity index (χ1n) is 6.99. The van der Waals surface area contributed by atoms with E-state index >= 15 is 0 Å². The van der Waals surface area contributed by atoms with Gasteiger partial charge in [-0.25, -0.2) is 4.39 Å². The lowest BCUT2D eigenvalue weighted by Gasteiger charge is -2.32. The SMILES string of the molecule is COCC1CCCN(CCNc2ccccc2F)C1. The van der Waals surface area contributed by atoms with E-state index in [-0.39, 0.29) is 5.82 Å². The zero-order valence-corrected chi connectivity index (χ0v) is 11.6. The van der Waals surface area contributed by atoms with Gasteiger partial charge in [0.05, 0.1) is 12.3 Å². The molecule has 4 heteroatoms. The predicted octanol–water partition coefficient (Wildman–Crippen LogP) is 2.60. The van der Waals surface area contributed by atoms with Gasteiger partial charge in [0.15, 0.2) is 0 Å². The van der Waals surface area contributed by atoms with Crippen molar-refractivity contribution in [1.82, 2.24) is 4.90 Å². The Morgan fingerprint density at radius 2 is 2.26 bits per heavy atom. The Bertz CT molecular complexity index is 384. The standard InChI is InChI=1S/C15H23FN2O/c1-19-12-13-5-4-9-18(11-13)10-8-17-15-7-3-2-6-14(15)16/h2-3,6-7,13,17H,4-5,8-12H2,1H3. The largest absolute Gasteiger partial charge is 0.384 e. The van der Waals surface area contributed by atoms with E-state index in [0.717, 1.165) is 32.8 Å². The van der Waals surface area contributed by atoms with Gasteiger partial charge in [-0.15, -0.1) is 0 Å². The van der Waals surface area contributed by atoms with E-state index in [1.165, 1.54) is 18.9 Å². The minimum absolute atomic E-state index is 0.182. The van der Waals surface area contributed by atoms with Crippen molar-refractivity contribution in [2.75, 3.05) is 45.2 Å². The lowest BCUT2D eigenvalue weighted by atomic mass is 9.99. The molecule has 0 amide bonds. The highest BCUT2D eigenvalue weighted by Crippen LogP contribution is 2.16. The molecule has 1 atom stereocenters. The van der Waals surface area contributed by atoms with Crippen molar-refractivity contribution in [2.24, 2.45) is 5.92 Å². The first-order valence-corrected chi connectivity index (χ1v) is 6.99. The molecule has 0 radical (unpaired) electrons. The van der Waals surface area contributed by atoms with Crippen LogP contribution in [-0.4, -0.2) is 44.8 Å². The monoisotopic (exact) mass is 266 g/mol. The fourth-order valence-electron chi connectivity index (χ4n) is 2.68. The van der Waals surface area contributed by atoms with Gasteiger partial charge in [-0.05, 0) is 37.4 Å². The zero-order chi connectivity index (χ0) is 13.5. The molecule has 0 aliphatic carbocycles. The van der Waals surface area contributed by atoms with Crippen molar-refractivity contribution >= 4 is 5.69 Å². The Labute approximate surface area is 114 Å². The van der Waals surface area contributed by atoms with Gasteiger partial charge in [-0.2, -0.15) is 0 Å². The molecule has 1 aliphatic rings. The van der Waals surface area contributed by atoms with Gasteiger partial charge in [-0.3, -0.25) is 0 Å². The summed E-state index contributed by atoms with van der Waals surface area (Å²) in [5.74, 6) is 0.464. The van der Waals surface area contributed by atoms with Crippen molar-refractivity contribution < 1.29 is 9.13 Å². The summed E-state index contributed by atoms with van der Waals surface area (Å²) >= 11 is 0. The molecule has 1 aromatic carbocycles. The maximum atomic E-state index is 13.4. The number of likely N-dealkylation sites (tertiary alicyclic amines) is 1. The maximum Gasteiger partial charge on any atom is 0.146 e. The number of halogens is 1. The van der Waals surface area contributed by atoms with Gasteiger partial charge in [-0.1, -0.05) is 12.1 Å². The Hall–Kier alpha value is -1.13. The third kappa shape index (κ3) is 4.48. The summed E-state index contributed by atoms with van der Waals surface area (Å²) in [4.78, 5) is 2.43. The maximum absolute atomic E-state index is 13.4.